The van der Waals surface area contributed by atoms with Crippen LogP contribution in [-0.2, 0) is 4.79 Å². The predicted molar refractivity (Wildman–Crippen MR) is 76.4 cm³/mol. The van der Waals surface area contributed by atoms with E-state index in [9.17, 15) is 9.90 Å². The van der Waals surface area contributed by atoms with Crippen LogP contribution < -0.4 is 10.5 Å². The molecule has 2 atom stereocenters. The van der Waals surface area contributed by atoms with Gasteiger partial charge in [0.1, 0.15) is 24.5 Å². The number of likely N-dealkylation sites (tertiary alicyclic amines) is 1. The number of carbonyl (C=O) groups excluding carboxylic acids is 1. The Balaban J connectivity index is 1.86. The highest BCUT2D eigenvalue weighted by Crippen LogP contribution is 2.19. The Labute approximate surface area is 123 Å². The highest BCUT2D eigenvalue weighted by atomic mass is 16.5. The second kappa shape index (κ2) is 7.07. The molecule has 0 spiro atoms. The molecular formula is C15H19N3O3. The predicted octanol–water partition coefficient (Wildman–Crippen LogP) is 0.248. The number of hydrogen-bond acceptors (Lipinski definition) is 5. The van der Waals surface area contributed by atoms with Crippen LogP contribution in [0.5, 0.6) is 5.75 Å². The number of nitriles is 1. The lowest BCUT2D eigenvalue weighted by Crippen LogP contribution is -2.44. The first-order valence-corrected chi connectivity index (χ1v) is 6.95. The standard InChI is InChI=1S/C15H19N3O3/c16-8-11-4-1-2-6-14(11)21-10-12(19)9-18-7-3-5-13(18)15(17)20/h1-2,4,6,12-13,19H,3,5,7,9-10H2,(H2,17,20). The maximum Gasteiger partial charge on any atom is 0.234 e. The molecule has 6 heteroatoms. The summed E-state index contributed by atoms with van der Waals surface area (Å²) in [7, 11) is 0. The van der Waals surface area contributed by atoms with Gasteiger partial charge >= 0.3 is 0 Å². The van der Waals surface area contributed by atoms with Crippen LogP contribution in [0.2, 0.25) is 0 Å². The minimum Gasteiger partial charge on any atom is -0.489 e. The number of hydrogen-bond donors (Lipinski definition) is 2. The van der Waals surface area contributed by atoms with Gasteiger partial charge in [-0.25, -0.2) is 0 Å². The van der Waals surface area contributed by atoms with Crippen LogP contribution in [0.4, 0.5) is 0 Å². The Morgan fingerprint density at radius 3 is 3.05 bits per heavy atom. The lowest BCUT2D eigenvalue weighted by molar-refractivity contribution is -0.122. The van der Waals surface area contributed by atoms with Crippen molar-refractivity contribution < 1.29 is 14.6 Å². The molecule has 2 rings (SSSR count). The summed E-state index contributed by atoms with van der Waals surface area (Å²) in [5.41, 5.74) is 5.77. The van der Waals surface area contributed by atoms with Crippen molar-refractivity contribution in [2.45, 2.75) is 25.0 Å². The van der Waals surface area contributed by atoms with E-state index in [-0.39, 0.29) is 18.6 Å². The number of amides is 1. The van der Waals surface area contributed by atoms with Gasteiger partial charge in [-0.05, 0) is 31.5 Å². The summed E-state index contributed by atoms with van der Waals surface area (Å²) in [5, 5.41) is 19.0. The molecule has 1 aliphatic rings. The average Bonchev–Trinajstić information content (AvgIpc) is 2.93. The largest absolute Gasteiger partial charge is 0.489 e. The topological polar surface area (TPSA) is 99.6 Å². The zero-order chi connectivity index (χ0) is 15.2. The third kappa shape index (κ3) is 3.94. The molecule has 6 nitrogen and oxygen atoms in total. The van der Waals surface area contributed by atoms with Crippen LogP contribution in [0.3, 0.4) is 0 Å². The molecule has 1 heterocycles. The molecule has 3 N–H and O–H groups in total. The van der Waals surface area contributed by atoms with E-state index in [0.717, 1.165) is 19.4 Å². The van der Waals surface area contributed by atoms with Gasteiger partial charge in [0.05, 0.1) is 11.6 Å². The number of nitrogens with zero attached hydrogens (tertiary/aromatic N) is 2. The summed E-state index contributed by atoms with van der Waals surface area (Å²) in [4.78, 5) is 13.2. The molecule has 21 heavy (non-hydrogen) atoms. The Hall–Kier alpha value is -2.10. The second-order valence-corrected chi connectivity index (χ2v) is 5.13. The normalized spacial score (nSPS) is 19.9. The quantitative estimate of drug-likeness (QED) is 0.782. The number of benzene rings is 1. The van der Waals surface area contributed by atoms with Crippen LogP contribution in [0.15, 0.2) is 24.3 Å². The molecule has 0 bridgehead atoms. The van der Waals surface area contributed by atoms with Crippen molar-refractivity contribution in [1.82, 2.24) is 4.90 Å². The molecule has 1 saturated heterocycles. The van der Waals surface area contributed by atoms with E-state index < -0.39 is 6.10 Å². The summed E-state index contributed by atoms with van der Waals surface area (Å²) in [5.74, 6) is 0.0994. The second-order valence-electron chi connectivity index (χ2n) is 5.13. The van der Waals surface area contributed by atoms with Crippen molar-refractivity contribution in [2.75, 3.05) is 19.7 Å². The van der Waals surface area contributed by atoms with Crippen molar-refractivity contribution in [3.8, 4) is 11.8 Å². The van der Waals surface area contributed by atoms with Crippen LogP contribution in [0, 0.1) is 11.3 Å². The monoisotopic (exact) mass is 289 g/mol. The number of primary amides is 1. The lowest BCUT2D eigenvalue weighted by Gasteiger charge is -2.24. The molecule has 1 aromatic carbocycles. The number of carbonyl (C=O) groups is 1. The molecule has 0 radical (unpaired) electrons. The number of β-amino-alcohol motifs (C(OH)–C–C–N with tert-alkyl or cyclic N) is 1. The van der Waals surface area contributed by atoms with Crippen molar-refractivity contribution in [1.29, 1.82) is 5.26 Å². The van der Waals surface area contributed by atoms with Crippen molar-refractivity contribution in [3.63, 3.8) is 0 Å². The van der Waals surface area contributed by atoms with Crippen LogP contribution in [0.1, 0.15) is 18.4 Å². The third-order valence-corrected chi connectivity index (χ3v) is 3.58. The van der Waals surface area contributed by atoms with Gasteiger partial charge in [-0.15, -0.1) is 0 Å². The first-order chi connectivity index (χ1) is 10.1. The summed E-state index contributed by atoms with van der Waals surface area (Å²) in [6.07, 6.45) is 0.898. The van der Waals surface area contributed by atoms with E-state index in [1.54, 1.807) is 24.3 Å². The minimum atomic E-state index is -0.739. The van der Waals surface area contributed by atoms with Gasteiger partial charge in [0, 0.05) is 6.54 Å². The summed E-state index contributed by atoms with van der Waals surface area (Å²) in [6.45, 7) is 1.16. The van der Waals surface area contributed by atoms with Crippen LogP contribution in [0.25, 0.3) is 0 Å². The molecule has 112 valence electrons. The number of para-hydroxylation sites is 1. The van der Waals surface area contributed by atoms with E-state index in [0.29, 0.717) is 17.9 Å². The van der Waals surface area contributed by atoms with E-state index in [4.69, 9.17) is 15.7 Å². The van der Waals surface area contributed by atoms with E-state index in [2.05, 4.69) is 0 Å². The fourth-order valence-electron chi connectivity index (χ4n) is 2.56. The van der Waals surface area contributed by atoms with Crippen LogP contribution >= 0.6 is 0 Å². The first-order valence-electron chi connectivity index (χ1n) is 6.95. The van der Waals surface area contributed by atoms with Gasteiger partial charge in [0.15, 0.2) is 0 Å². The third-order valence-electron chi connectivity index (χ3n) is 3.58. The molecule has 1 amide bonds. The number of aliphatic hydroxyl groups excluding tert-OH is 1. The molecule has 1 aromatic rings. The fourth-order valence-corrected chi connectivity index (χ4v) is 2.56. The van der Waals surface area contributed by atoms with Gasteiger partial charge < -0.3 is 15.6 Å². The Bertz CT molecular complexity index is 541. The van der Waals surface area contributed by atoms with Crippen molar-refractivity contribution >= 4 is 5.91 Å². The SMILES string of the molecule is N#Cc1ccccc1OCC(O)CN1CCCC1C(N)=O. The number of rotatable bonds is 6. The minimum absolute atomic E-state index is 0.0701. The number of nitrogens with two attached hydrogens (primary N) is 1. The molecule has 0 aromatic heterocycles. The Morgan fingerprint density at radius 2 is 2.33 bits per heavy atom. The van der Waals surface area contributed by atoms with Gasteiger partial charge in [0.25, 0.3) is 0 Å². The van der Waals surface area contributed by atoms with E-state index in [1.807, 2.05) is 11.0 Å². The molecule has 0 aliphatic carbocycles. The molecular weight excluding hydrogens is 270 g/mol. The van der Waals surface area contributed by atoms with Gasteiger partial charge in [0.2, 0.25) is 5.91 Å². The zero-order valence-corrected chi connectivity index (χ0v) is 11.7. The van der Waals surface area contributed by atoms with E-state index >= 15 is 0 Å². The summed E-state index contributed by atoms with van der Waals surface area (Å²) >= 11 is 0. The smallest absolute Gasteiger partial charge is 0.234 e. The number of ether oxygens (including phenoxy) is 1. The van der Waals surface area contributed by atoms with Gasteiger partial charge in [-0.2, -0.15) is 5.26 Å². The molecule has 0 saturated carbocycles. The summed E-state index contributed by atoms with van der Waals surface area (Å²) < 4.78 is 5.48. The fraction of sp³-hybridized carbons (Fsp3) is 0.467. The van der Waals surface area contributed by atoms with Gasteiger partial charge in [-0.3, -0.25) is 9.69 Å². The Kier molecular flexibility index (Phi) is 5.14. The zero-order valence-electron chi connectivity index (χ0n) is 11.7. The molecule has 1 aliphatic heterocycles. The highest BCUT2D eigenvalue weighted by Gasteiger charge is 2.30. The van der Waals surface area contributed by atoms with Crippen molar-refractivity contribution in [2.24, 2.45) is 5.73 Å². The lowest BCUT2D eigenvalue weighted by atomic mass is 10.2. The molecule has 1 fully saturated rings. The van der Waals surface area contributed by atoms with Crippen molar-refractivity contribution in [3.05, 3.63) is 29.8 Å². The maximum absolute atomic E-state index is 11.3. The maximum atomic E-state index is 11.3. The summed E-state index contributed by atoms with van der Waals surface area (Å²) in [6, 6.07) is 8.61. The highest BCUT2D eigenvalue weighted by molar-refractivity contribution is 5.80. The number of aliphatic hydroxyl groups is 1. The van der Waals surface area contributed by atoms with Gasteiger partial charge in [-0.1, -0.05) is 12.1 Å². The molecule has 2 unspecified atom stereocenters. The van der Waals surface area contributed by atoms with Crippen LogP contribution in [-0.4, -0.2) is 47.8 Å². The van der Waals surface area contributed by atoms with E-state index in [1.165, 1.54) is 0 Å². The first kappa shape index (κ1) is 15.3. The average molecular weight is 289 g/mol. The Morgan fingerprint density at radius 1 is 1.57 bits per heavy atom.